The molecule has 3 aromatic carbocycles. The molecule has 0 saturated carbocycles. The molecule has 2 aliphatic heterocycles. The van der Waals surface area contributed by atoms with Gasteiger partial charge in [-0.1, -0.05) is 77.1 Å². The van der Waals surface area contributed by atoms with E-state index in [2.05, 4.69) is 6.58 Å². The number of carbonyl (C=O) groups is 5. The molecule has 10 atom stereocenters. The zero-order valence-corrected chi connectivity index (χ0v) is 38.7. The van der Waals surface area contributed by atoms with E-state index >= 15 is 0 Å². The smallest absolute Gasteiger partial charge is 0.346 e. The van der Waals surface area contributed by atoms with Crippen LogP contribution in [0, 0.1) is 38.0 Å². The third kappa shape index (κ3) is 11.9. The summed E-state index contributed by atoms with van der Waals surface area (Å²) in [5, 5.41) is 58.7. The number of nitro groups is 2. The molecule has 2 aliphatic rings. The van der Waals surface area contributed by atoms with Gasteiger partial charge in [-0.25, -0.2) is 19.2 Å². The van der Waals surface area contributed by atoms with Crippen molar-refractivity contribution in [2.75, 3.05) is 0 Å². The Kier molecular flexibility index (Phi) is 17.3. The van der Waals surface area contributed by atoms with E-state index in [0.29, 0.717) is 12.8 Å². The van der Waals surface area contributed by atoms with Crippen molar-refractivity contribution in [2.24, 2.45) is 17.8 Å². The number of fused-ring (bicyclic) bond motifs is 2. The summed E-state index contributed by atoms with van der Waals surface area (Å²) >= 11 is 0. The van der Waals surface area contributed by atoms with Crippen molar-refractivity contribution in [3.05, 3.63) is 140 Å². The van der Waals surface area contributed by atoms with Crippen molar-refractivity contribution < 1.29 is 77.6 Å². The first-order chi connectivity index (χ1) is 32.6. The van der Waals surface area contributed by atoms with Crippen molar-refractivity contribution in [2.45, 2.75) is 121 Å². The van der Waals surface area contributed by atoms with Crippen LogP contribution in [0.3, 0.4) is 0 Å². The summed E-state index contributed by atoms with van der Waals surface area (Å²) in [4.78, 5) is 90.5. The number of benzene rings is 3. The van der Waals surface area contributed by atoms with Crippen LogP contribution in [0.2, 0.25) is 0 Å². The average molecular weight is 961 g/mol. The standard InChI is InChI=1S/C49H56N2O18/c1-7-29(2)25-30(3)13-22-39(53)67-42-41(54)47(24-23-31(4)40(66-33(6)52)32(5)26-34-11-9-8-10-12-34)68-43(44(55)56)48(59,45(57)64-27-35-14-18-37(19-15-35)50(60)61)49(42,69-47)46(58)65-28-36-16-20-38(21-17-36)51(62)63/h8-22,29-30,32,40-43,54,59H,4,7,23-28H2,1-3,5-6H3,(H,55,56)/b22-13+/t29-,30+,32+,40+,41+,42+,43+,47+,48+,49+/m0/s1. The second-order valence-electron chi connectivity index (χ2n) is 17.5. The van der Waals surface area contributed by atoms with Crippen molar-refractivity contribution in [1.82, 2.24) is 0 Å². The van der Waals surface area contributed by atoms with Crippen LogP contribution in [0.1, 0.15) is 77.0 Å². The van der Waals surface area contributed by atoms with E-state index in [4.69, 9.17) is 28.4 Å². The molecule has 3 aromatic rings. The van der Waals surface area contributed by atoms with E-state index in [1.807, 2.05) is 51.1 Å². The maximum atomic E-state index is 15.0. The van der Waals surface area contributed by atoms with Crippen LogP contribution in [0.25, 0.3) is 0 Å². The lowest BCUT2D eigenvalue weighted by Gasteiger charge is -2.49. The van der Waals surface area contributed by atoms with E-state index in [1.54, 1.807) is 6.92 Å². The SMILES string of the molecule is C=C(CC[C@@]12O[C@H](C(=O)O)[C@@](O)(C(=O)OCc3ccc([N+](=O)[O-])cc3)[C@@](C(=O)OCc3ccc([N+](=O)[O-])cc3)(O1)[C@H](OC(=O)/C=C/[C@@H](C)C[C@@H](C)CC)[C@H]2O)[C@@H](OC(C)=O)[C@H](C)Cc1ccccc1. The highest BCUT2D eigenvalue weighted by Gasteiger charge is 2.86. The highest BCUT2D eigenvalue weighted by molar-refractivity contribution is 5.99. The summed E-state index contributed by atoms with van der Waals surface area (Å²) in [6.07, 6.45) is -5.32. The minimum atomic E-state index is -3.88. The number of carbonyl (C=O) groups excluding carboxylic acids is 4. The average Bonchev–Trinajstić information content (AvgIpc) is 3.53. The maximum absolute atomic E-state index is 15.0. The maximum Gasteiger partial charge on any atom is 0.346 e. The minimum Gasteiger partial charge on any atom is -0.479 e. The molecule has 3 N–H and O–H groups in total. The van der Waals surface area contributed by atoms with Crippen LogP contribution in [0.15, 0.2) is 103 Å². The van der Waals surface area contributed by atoms with Crippen LogP contribution in [0.5, 0.6) is 0 Å². The first-order valence-corrected chi connectivity index (χ1v) is 22.2. The van der Waals surface area contributed by atoms with Gasteiger partial charge in [-0.3, -0.25) is 25.0 Å². The Morgan fingerprint density at radius 2 is 1.41 bits per heavy atom. The Hall–Kier alpha value is -6.87. The number of hydrogen-bond donors (Lipinski definition) is 3. The van der Waals surface area contributed by atoms with Gasteiger partial charge in [0.2, 0.25) is 17.5 Å². The number of carboxylic acids is 1. The van der Waals surface area contributed by atoms with Gasteiger partial charge in [0.05, 0.1) is 9.85 Å². The van der Waals surface area contributed by atoms with Gasteiger partial charge in [-0.05, 0) is 77.6 Å². The number of nitrogens with zero attached hydrogens (tertiary/aromatic N) is 2. The van der Waals surface area contributed by atoms with E-state index in [9.17, 15) is 59.5 Å². The predicted octanol–water partition coefficient (Wildman–Crippen LogP) is 6.02. The lowest BCUT2D eigenvalue weighted by molar-refractivity contribution is -0.385. The molecule has 0 amide bonds. The lowest BCUT2D eigenvalue weighted by Crippen LogP contribution is -2.78. The van der Waals surface area contributed by atoms with Crippen LogP contribution >= 0.6 is 0 Å². The largest absolute Gasteiger partial charge is 0.479 e. The number of carboxylic acid groups (broad SMARTS) is 1. The number of aliphatic hydroxyl groups excluding tert-OH is 1. The Labute approximate surface area is 397 Å². The van der Waals surface area contributed by atoms with Crippen LogP contribution in [-0.2, 0) is 72.0 Å². The van der Waals surface area contributed by atoms with Crippen LogP contribution in [0.4, 0.5) is 11.4 Å². The third-order valence-electron chi connectivity index (χ3n) is 12.3. The van der Waals surface area contributed by atoms with Gasteiger partial charge >= 0.3 is 29.8 Å². The lowest BCUT2D eigenvalue weighted by atomic mass is 9.74. The molecule has 370 valence electrons. The molecule has 69 heavy (non-hydrogen) atoms. The number of ether oxygens (including phenoxy) is 6. The molecular weight excluding hydrogens is 905 g/mol. The van der Waals surface area contributed by atoms with Crippen LogP contribution < -0.4 is 0 Å². The molecule has 20 nitrogen and oxygen atoms in total. The molecule has 0 unspecified atom stereocenters. The van der Waals surface area contributed by atoms with E-state index in [0.717, 1.165) is 42.3 Å². The summed E-state index contributed by atoms with van der Waals surface area (Å²) in [5.41, 5.74) is -6.74. The van der Waals surface area contributed by atoms with Gasteiger partial charge in [0.25, 0.3) is 17.0 Å². The first kappa shape index (κ1) is 53.1. The van der Waals surface area contributed by atoms with Crippen LogP contribution in [-0.4, -0.2) is 96.4 Å². The Morgan fingerprint density at radius 1 is 0.855 bits per heavy atom. The Balaban J connectivity index is 1.63. The molecule has 20 heteroatoms. The molecule has 0 spiro atoms. The fourth-order valence-corrected chi connectivity index (χ4v) is 8.50. The first-order valence-electron chi connectivity index (χ1n) is 22.2. The van der Waals surface area contributed by atoms with Gasteiger partial charge in [0, 0.05) is 49.6 Å². The quantitative estimate of drug-likeness (QED) is 0.0245. The molecule has 0 aliphatic carbocycles. The second-order valence-corrected chi connectivity index (χ2v) is 17.5. The number of aliphatic hydroxyl groups is 2. The van der Waals surface area contributed by atoms with Crippen molar-refractivity contribution >= 4 is 41.2 Å². The Morgan fingerprint density at radius 3 is 1.91 bits per heavy atom. The van der Waals surface area contributed by atoms with Gasteiger partial charge in [-0.15, -0.1) is 0 Å². The van der Waals surface area contributed by atoms with E-state index < -0.39 is 107 Å². The highest BCUT2D eigenvalue weighted by Crippen LogP contribution is 2.56. The monoisotopic (exact) mass is 960 g/mol. The van der Waals surface area contributed by atoms with Crippen molar-refractivity contribution in [3.8, 4) is 0 Å². The highest BCUT2D eigenvalue weighted by atomic mass is 16.8. The number of non-ortho nitro benzene ring substituents is 2. The number of esters is 4. The van der Waals surface area contributed by atoms with Gasteiger partial charge in [0.15, 0.2) is 6.10 Å². The summed E-state index contributed by atoms with van der Waals surface area (Å²) < 4.78 is 34.7. The second kappa shape index (κ2) is 22.5. The fraction of sp³-hybridized carbons (Fsp3) is 0.449. The molecule has 2 fully saturated rings. The van der Waals surface area contributed by atoms with Gasteiger partial charge in [0.1, 0.15) is 25.4 Å². The number of allylic oxidation sites excluding steroid dienone is 1. The third-order valence-corrected chi connectivity index (χ3v) is 12.3. The molecule has 0 radical (unpaired) electrons. The molecular formula is C49H56N2O18. The van der Waals surface area contributed by atoms with E-state index in [1.165, 1.54) is 37.3 Å². The summed E-state index contributed by atoms with van der Waals surface area (Å²) in [5.74, 6) is -10.7. The number of aliphatic carboxylic acids is 1. The normalized spacial score (nSPS) is 24.5. The predicted molar refractivity (Wildman–Crippen MR) is 241 cm³/mol. The number of hydrogen-bond acceptors (Lipinski definition) is 17. The summed E-state index contributed by atoms with van der Waals surface area (Å²) in [6, 6.07) is 18.4. The number of nitro benzene ring substituents is 2. The topological polar surface area (TPSA) is 288 Å². The minimum absolute atomic E-state index is 0.0969. The Bertz CT molecular complexity index is 2410. The zero-order valence-electron chi connectivity index (χ0n) is 38.7. The molecule has 0 aromatic heterocycles. The molecule has 5 rings (SSSR count). The summed E-state index contributed by atoms with van der Waals surface area (Å²) in [6.45, 7) is 11.4. The molecule has 2 saturated heterocycles. The molecule has 2 heterocycles. The molecule has 2 bridgehead atoms. The zero-order chi connectivity index (χ0) is 50.8. The number of rotatable bonds is 23. The van der Waals surface area contributed by atoms with Crippen molar-refractivity contribution in [3.63, 3.8) is 0 Å². The van der Waals surface area contributed by atoms with Crippen molar-refractivity contribution in [1.29, 1.82) is 0 Å². The van der Waals surface area contributed by atoms with Gasteiger partial charge < -0.3 is 43.7 Å². The van der Waals surface area contributed by atoms with Gasteiger partial charge in [-0.2, -0.15) is 0 Å². The summed E-state index contributed by atoms with van der Waals surface area (Å²) in [7, 11) is 0. The van der Waals surface area contributed by atoms with E-state index in [-0.39, 0.29) is 46.3 Å². The fourth-order valence-electron chi connectivity index (χ4n) is 8.50.